The maximum Gasteiger partial charge on any atom is 0.190 e. The Morgan fingerprint density at radius 1 is 1.31 bits per heavy atom. The van der Waals surface area contributed by atoms with Crippen LogP contribution in [0.4, 0.5) is 0 Å². The summed E-state index contributed by atoms with van der Waals surface area (Å²) in [5.74, 6) is 0. The minimum Gasteiger partial charge on any atom is -0.433 e. The van der Waals surface area contributed by atoms with Gasteiger partial charge >= 0.3 is 0 Å². The van der Waals surface area contributed by atoms with E-state index in [2.05, 4.69) is 6.11 Å². The van der Waals surface area contributed by atoms with Gasteiger partial charge in [0.05, 0.1) is 26.4 Å². The first-order valence-electron chi connectivity index (χ1n) is 5.18. The van der Waals surface area contributed by atoms with Gasteiger partial charge in [0.1, 0.15) is 6.11 Å². The molecule has 0 unspecified atom stereocenters. The quantitative estimate of drug-likeness (QED) is 0.702. The third-order valence-electron chi connectivity index (χ3n) is 2.48. The van der Waals surface area contributed by atoms with E-state index >= 15 is 0 Å². The lowest BCUT2D eigenvalue weighted by molar-refractivity contribution is -0.203. The minimum absolute atomic E-state index is 0.427. The predicted molar refractivity (Wildman–Crippen MR) is 59.6 cm³/mol. The molecular formula is C13H14O3. The Labute approximate surface area is 95.3 Å². The van der Waals surface area contributed by atoms with Crippen molar-refractivity contribution >= 4 is 0 Å². The summed E-state index contributed by atoms with van der Waals surface area (Å²) in [6.45, 7) is 2.04. The Balaban J connectivity index is 1.77. The molecule has 1 aliphatic heterocycles. The van der Waals surface area contributed by atoms with Crippen LogP contribution in [0.15, 0.2) is 30.3 Å². The van der Waals surface area contributed by atoms with E-state index in [1.807, 2.05) is 30.3 Å². The maximum atomic E-state index is 5.58. The molecule has 0 aliphatic carbocycles. The second-order valence-corrected chi connectivity index (χ2v) is 3.87. The molecule has 1 saturated heterocycles. The Hall–Kier alpha value is -1.50. The summed E-state index contributed by atoms with van der Waals surface area (Å²) in [5, 5.41) is 0. The number of rotatable bonds is 5. The summed E-state index contributed by atoms with van der Waals surface area (Å²) in [7, 11) is 0. The highest BCUT2D eigenvalue weighted by atomic mass is 16.6. The zero-order chi connectivity index (χ0) is 11.3. The van der Waals surface area contributed by atoms with Crippen LogP contribution in [0.25, 0.3) is 0 Å². The molecule has 1 heterocycles. The molecule has 1 aliphatic rings. The van der Waals surface area contributed by atoms with Gasteiger partial charge in [-0.3, -0.25) is 0 Å². The molecule has 2 rings (SSSR count). The molecule has 0 saturated carbocycles. The van der Waals surface area contributed by atoms with Gasteiger partial charge < -0.3 is 14.2 Å². The molecule has 0 atom stereocenters. The normalized spacial score (nSPS) is 17.2. The van der Waals surface area contributed by atoms with Gasteiger partial charge in [-0.2, -0.15) is 0 Å². The van der Waals surface area contributed by atoms with Crippen molar-refractivity contribution in [1.29, 1.82) is 0 Å². The van der Waals surface area contributed by atoms with Gasteiger partial charge in [0.15, 0.2) is 5.60 Å². The highest BCUT2D eigenvalue weighted by Crippen LogP contribution is 2.22. The smallest absolute Gasteiger partial charge is 0.190 e. The second kappa shape index (κ2) is 5.02. The Kier molecular flexibility index (Phi) is 3.45. The van der Waals surface area contributed by atoms with Crippen LogP contribution in [-0.2, 0) is 20.8 Å². The highest BCUT2D eigenvalue weighted by Gasteiger charge is 2.41. The minimum atomic E-state index is -0.427. The van der Waals surface area contributed by atoms with Gasteiger partial charge in [-0.25, -0.2) is 0 Å². The number of terminal acetylenes is 1. The fraction of sp³-hybridized carbons (Fsp3) is 0.385. The molecule has 3 heteroatoms. The van der Waals surface area contributed by atoms with Crippen molar-refractivity contribution in [3.63, 3.8) is 0 Å². The standard InChI is InChI=1S/C13H14O3/c1-2-16-13(10-15-11-13)9-14-8-12-6-4-3-5-7-12/h1,3-7H,8-11H2. The maximum absolute atomic E-state index is 5.58. The summed E-state index contributed by atoms with van der Waals surface area (Å²) in [4.78, 5) is 0. The second-order valence-electron chi connectivity index (χ2n) is 3.87. The molecule has 0 radical (unpaired) electrons. The van der Waals surface area contributed by atoms with Crippen LogP contribution < -0.4 is 0 Å². The van der Waals surface area contributed by atoms with E-state index < -0.39 is 5.60 Å². The van der Waals surface area contributed by atoms with Gasteiger partial charge in [-0.15, -0.1) is 0 Å². The summed E-state index contributed by atoms with van der Waals surface area (Å²) < 4.78 is 15.9. The van der Waals surface area contributed by atoms with Crippen LogP contribution in [0, 0.1) is 12.5 Å². The molecule has 0 bridgehead atoms. The Morgan fingerprint density at radius 3 is 2.62 bits per heavy atom. The zero-order valence-electron chi connectivity index (χ0n) is 9.02. The van der Waals surface area contributed by atoms with Crippen molar-refractivity contribution in [2.75, 3.05) is 19.8 Å². The first-order chi connectivity index (χ1) is 7.85. The van der Waals surface area contributed by atoms with Crippen LogP contribution in [0.2, 0.25) is 0 Å². The lowest BCUT2D eigenvalue weighted by atomic mass is 10.0. The number of ether oxygens (including phenoxy) is 3. The highest BCUT2D eigenvalue weighted by molar-refractivity contribution is 5.13. The third-order valence-corrected chi connectivity index (χ3v) is 2.48. The molecule has 0 amide bonds. The summed E-state index contributed by atoms with van der Waals surface area (Å²) >= 11 is 0. The van der Waals surface area contributed by atoms with Crippen LogP contribution in [0.1, 0.15) is 5.56 Å². The fourth-order valence-corrected chi connectivity index (χ4v) is 1.56. The number of benzene rings is 1. The van der Waals surface area contributed by atoms with Crippen LogP contribution in [0.3, 0.4) is 0 Å². The molecule has 1 aromatic carbocycles. The molecule has 3 nitrogen and oxygen atoms in total. The first-order valence-corrected chi connectivity index (χ1v) is 5.18. The Morgan fingerprint density at radius 2 is 2.06 bits per heavy atom. The topological polar surface area (TPSA) is 27.7 Å². The molecule has 1 aromatic rings. The molecule has 1 fully saturated rings. The van der Waals surface area contributed by atoms with Crippen molar-refractivity contribution in [3.8, 4) is 12.5 Å². The van der Waals surface area contributed by atoms with Gasteiger partial charge in [0.2, 0.25) is 0 Å². The summed E-state index contributed by atoms with van der Waals surface area (Å²) in [5.41, 5.74) is 0.711. The first kappa shape index (κ1) is 11.0. The van der Waals surface area contributed by atoms with E-state index in [9.17, 15) is 0 Å². The molecule has 16 heavy (non-hydrogen) atoms. The van der Waals surface area contributed by atoms with E-state index in [0.717, 1.165) is 5.56 Å². The predicted octanol–water partition coefficient (Wildman–Crippen LogP) is 1.58. The van der Waals surface area contributed by atoms with Gasteiger partial charge in [-0.05, 0) is 5.56 Å². The number of hydrogen-bond acceptors (Lipinski definition) is 3. The lowest BCUT2D eigenvalue weighted by Gasteiger charge is -2.38. The Bertz CT molecular complexity index is 363. The van der Waals surface area contributed by atoms with Gasteiger partial charge in [-0.1, -0.05) is 36.8 Å². The van der Waals surface area contributed by atoms with Crippen molar-refractivity contribution < 1.29 is 14.2 Å². The van der Waals surface area contributed by atoms with Gasteiger partial charge in [0, 0.05) is 0 Å². The van der Waals surface area contributed by atoms with Gasteiger partial charge in [0.25, 0.3) is 0 Å². The van der Waals surface area contributed by atoms with Crippen molar-refractivity contribution in [2.45, 2.75) is 12.2 Å². The van der Waals surface area contributed by atoms with E-state index in [1.54, 1.807) is 0 Å². The van der Waals surface area contributed by atoms with Crippen molar-refractivity contribution in [3.05, 3.63) is 35.9 Å². The third kappa shape index (κ3) is 2.54. The summed E-state index contributed by atoms with van der Waals surface area (Å²) in [6, 6.07) is 9.99. The van der Waals surface area contributed by atoms with E-state index in [1.165, 1.54) is 0 Å². The molecule has 0 aromatic heterocycles. The van der Waals surface area contributed by atoms with Crippen LogP contribution in [0.5, 0.6) is 0 Å². The molecular weight excluding hydrogens is 204 g/mol. The van der Waals surface area contributed by atoms with E-state index in [-0.39, 0.29) is 0 Å². The van der Waals surface area contributed by atoms with Crippen molar-refractivity contribution in [1.82, 2.24) is 0 Å². The van der Waals surface area contributed by atoms with E-state index in [0.29, 0.717) is 26.4 Å². The average molecular weight is 218 g/mol. The van der Waals surface area contributed by atoms with Crippen molar-refractivity contribution in [2.24, 2.45) is 0 Å². The molecule has 84 valence electrons. The fourth-order valence-electron chi connectivity index (χ4n) is 1.56. The van der Waals surface area contributed by atoms with Crippen LogP contribution in [-0.4, -0.2) is 25.4 Å². The van der Waals surface area contributed by atoms with E-state index in [4.69, 9.17) is 20.6 Å². The monoisotopic (exact) mass is 218 g/mol. The summed E-state index contributed by atoms with van der Waals surface area (Å²) in [6.07, 6.45) is 7.32. The molecule has 0 N–H and O–H groups in total. The average Bonchev–Trinajstić information content (AvgIpc) is 2.27. The zero-order valence-corrected chi connectivity index (χ0v) is 9.02. The number of hydrogen-bond donors (Lipinski definition) is 0. The SMILES string of the molecule is C#COC1(COCc2ccccc2)COC1. The largest absolute Gasteiger partial charge is 0.433 e. The van der Waals surface area contributed by atoms with Crippen LogP contribution >= 0.6 is 0 Å². The lowest BCUT2D eigenvalue weighted by Crippen LogP contribution is -2.54. The molecule has 0 spiro atoms.